The third-order valence-corrected chi connectivity index (χ3v) is 3.22. The molecule has 5 nitrogen and oxygen atoms in total. The SMILES string of the molecule is Cc1nc(NCCc2ccsc2)ncc1C(=O)O. The molecule has 0 saturated carbocycles. The average Bonchev–Trinajstić information content (AvgIpc) is 2.81. The lowest BCUT2D eigenvalue weighted by molar-refractivity contribution is 0.0695. The molecule has 0 amide bonds. The number of nitrogens with zero attached hydrogens (tertiary/aromatic N) is 2. The summed E-state index contributed by atoms with van der Waals surface area (Å²) in [6, 6.07) is 2.08. The molecule has 0 saturated heterocycles. The first-order chi connectivity index (χ1) is 8.66. The van der Waals surface area contributed by atoms with Gasteiger partial charge in [-0.25, -0.2) is 14.8 Å². The van der Waals surface area contributed by atoms with Crippen LogP contribution in [0, 0.1) is 6.92 Å². The van der Waals surface area contributed by atoms with Gasteiger partial charge in [0.1, 0.15) is 0 Å². The van der Waals surface area contributed by atoms with Crippen molar-refractivity contribution in [3.05, 3.63) is 39.8 Å². The molecular formula is C12H13N3O2S. The van der Waals surface area contributed by atoms with Gasteiger partial charge in [-0.05, 0) is 35.7 Å². The van der Waals surface area contributed by atoms with E-state index < -0.39 is 5.97 Å². The second kappa shape index (κ2) is 5.59. The minimum absolute atomic E-state index is 0.137. The van der Waals surface area contributed by atoms with Crippen LogP contribution in [0.4, 0.5) is 5.95 Å². The number of nitrogens with one attached hydrogen (secondary N) is 1. The molecule has 2 heterocycles. The monoisotopic (exact) mass is 263 g/mol. The Kier molecular flexibility index (Phi) is 3.88. The Bertz CT molecular complexity index is 540. The summed E-state index contributed by atoms with van der Waals surface area (Å²) in [7, 11) is 0. The number of thiophene rings is 1. The molecule has 0 radical (unpaired) electrons. The molecule has 18 heavy (non-hydrogen) atoms. The quantitative estimate of drug-likeness (QED) is 0.865. The van der Waals surface area contributed by atoms with Crippen LogP contribution in [0.5, 0.6) is 0 Å². The van der Waals surface area contributed by atoms with Gasteiger partial charge in [-0.15, -0.1) is 0 Å². The number of hydrogen-bond donors (Lipinski definition) is 2. The van der Waals surface area contributed by atoms with Crippen LogP contribution in [0.3, 0.4) is 0 Å². The lowest BCUT2D eigenvalue weighted by Crippen LogP contribution is -2.10. The molecule has 0 atom stereocenters. The Morgan fingerprint density at radius 2 is 2.39 bits per heavy atom. The minimum atomic E-state index is -1.00. The van der Waals surface area contributed by atoms with Gasteiger partial charge < -0.3 is 10.4 Å². The summed E-state index contributed by atoms with van der Waals surface area (Å²) < 4.78 is 0. The molecule has 0 spiro atoms. The predicted molar refractivity (Wildman–Crippen MR) is 70.2 cm³/mol. The maximum absolute atomic E-state index is 10.8. The van der Waals surface area contributed by atoms with Crippen LogP contribution in [-0.4, -0.2) is 27.6 Å². The van der Waals surface area contributed by atoms with E-state index in [1.807, 2.05) is 5.38 Å². The Hall–Kier alpha value is -1.95. The van der Waals surface area contributed by atoms with Crippen molar-refractivity contribution in [3.63, 3.8) is 0 Å². The van der Waals surface area contributed by atoms with E-state index in [1.165, 1.54) is 11.8 Å². The molecular weight excluding hydrogens is 250 g/mol. The van der Waals surface area contributed by atoms with Crippen molar-refractivity contribution in [3.8, 4) is 0 Å². The van der Waals surface area contributed by atoms with Gasteiger partial charge in [0.2, 0.25) is 5.95 Å². The molecule has 0 unspecified atom stereocenters. The maximum Gasteiger partial charge on any atom is 0.339 e. The molecule has 0 fully saturated rings. The highest BCUT2D eigenvalue weighted by molar-refractivity contribution is 7.07. The lowest BCUT2D eigenvalue weighted by atomic mass is 10.2. The second-order valence-corrected chi connectivity index (χ2v) is 4.59. The molecule has 94 valence electrons. The fourth-order valence-corrected chi connectivity index (χ4v) is 2.22. The molecule has 2 N–H and O–H groups in total. The number of aromatic carboxylic acids is 1. The first kappa shape index (κ1) is 12.5. The number of aromatic nitrogens is 2. The largest absolute Gasteiger partial charge is 0.478 e. The van der Waals surface area contributed by atoms with E-state index in [0.717, 1.165) is 13.0 Å². The molecule has 2 aromatic heterocycles. The number of hydrogen-bond acceptors (Lipinski definition) is 5. The van der Waals surface area contributed by atoms with Gasteiger partial charge >= 0.3 is 5.97 Å². The van der Waals surface area contributed by atoms with E-state index in [-0.39, 0.29) is 5.56 Å². The highest BCUT2D eigenvalue weighted by Gasteiger charge is 2.09. The zero-order valence-electron chi connectivity index (χ0n) is 9.88. The summed E-state index contributed by atoms with van der Waals surface area (Å²) in [5.74, 6) is -0.537. The van der Waals surface area contributed by atoms with Gasteiger partial charge in [-0.1, -0.05) is 0 Å². The van der Waals surface area contributed by atoms with Gasteiger partial charge in [0.05, 0.1) is 11.3 Å². The van der Waals surface area contributed by atoms with Gasteiger partial charge in [0.15, 0.2) is 0 Å². The normalized spacial score (nSPS) is 10.3. The van der Waals surface area contributed by atoms with Crippen molar-refractivity contribution < 1.29 is 9.90 Å². The van der Waals surface area contributed by atoms with Crippen LogP contribution >= 0.6 is 11.3 Å². The summed E-state index contributed by atoms with van der Waals surface area (Å²) in [4.78, 5) is 18.9. The molecule has 0 aliphatic carbocycles. The van der Waals surface area contributed by atoms with Crippen molar-refractivity contribution in [2.45, 2.75) is 13.3 Å². The maximum atomic E-state index is 10.8. The summed E-state index contributed by atoms with van der Waals surface area (Å²) in [6.45, 7) is 2.39. The highest BCUT2D eigenvalue weighted by atomic mass is 32.1. The lowest BCUT2D eigenvalue weighted by Gasteiger charge is -2.05. The fraction of sp³-hybridized carbons (Fsp3) is 0.250. The highest BCUT2D eigenvalue weighted by Crippen LogP contribution is 2.09. The number of carboxylic acids is 1. The zero-order valence-corrected chi connectivity index (χ0v) is 10.7. The molecule has 2 rings (SSSR count). The van der Waals surface area contributed by atoms with Crippen molar-refractivity contribution in [2.24, 2.45) is 0 Å². The molecule has 2 aromatic rings. The van der Waals surface area contributed by atoms with Crippen LogP contribution in [0.25, 0.3) is 0 Å². The third kappa shape index (κ3) is 3.04. The van der Waals surface area contributed by atoms with Crippen molar-refractivity contribution in [2.75, 3.05) is 11.9 Å². The number of carboxylic acid groups (broad SMARTS) is 1. The molecule has 0 aromatic carbocycles. The topological polar surface area (TPSA) is 75.1 Å². The van der Waals surface area contributed by atoms with Crippen molar-refractivity contribution >= 4 is 23.3 Å². The van der Waals surface area contributed by atoms with Crippen LogP contribution in [0.1, 0.15) is 21.6 Å². The van der Waals surface area contributed by atoms with Gasteiger partial charge in [0, 0.05) is 12.7 Å². The van der Waals surface area contributed by atoms with Crippen molar-refractivity contribution in [1.29, 1.82) is 0 Å². The average molecular weight is 263 g/mol. The van der Waals surface area contributed by atoms with E-state index in [4.69, 9.17) is 5.11 Å². The van der Waals surface area contributed by atoms with Crippen molar-refractivity contribution in [1.82, 2.24) is 9.97 Å². The summed E-state index contributed by atoms with van der Waals surface area (Å²) in [5, 5.41) is 16.1. The van der Waals surface area contributed by atoms with Crippen LogP contribution < -0.4 is 5.32 Å². The van der Waals surface area contributed by atoms with Crippen LogP contribution in [-0.2, 0) is 6.42 Å². The predicted octanol–water partition coefficient (Wildman–Crippen LogP) is 2.20. The van der Waals surface area contributed by atoms with Gasteiger partial charge in [-0.3, -0.25) is 0 Å². The summed E-state index contributed by atoms with van der Waals surface area (Å²) >= 11 is 1.67. The molecule has 6 heteroatoms. The Morgan fingerprint density at radius 3 is 3.00 bits per heavy atom. The summed E-state index contributed by atoms with van der Waals surface area (Å²) in [6.07, 6.45) is 2.23. The molecule has 0 aliphatic rings. The Balaban J connectivity index is 1.94. The number of carbonyl (C=O) groups is 1. The first-order valence-electron chi connectivity index (χ1n) is 5.48. The van der Waals surface area contributed by atoms with Crippen LogP contribution in [0.15, 0.2) is 23.0 Å². The van der Waals surface area contributed by atoms with E-state index >= 15 is 0 Å². The number of anilines is 1. The standard InChI is InChI=1S/C12H13N3O2S/c1-8-10(11(16)17)6-14-12(15-8)13-4-2-9-3-5-18-7-9/h3,5-7H,2,4H2,1H3,(H,16,17)(H,13,14,15). The number of rotatable bonds is 5. The first-order valence-corrected chi connectivity index (χ1v) is 6.43. The van der Waals surface area contributed by atoms with E-state index in [9.17, 15) is 4.79 Å². The number of aryl methyl sites for hydroxylation is 1. The van der Waals surface area contributed by atoms with E-state index in [0.29, 0.717) is 11.6 Å². The smallest absolute Gasteiger partial charge is 0.339 e. The van der Waals surface area contributed by atoms with Gasteiger partial charge in [-0.2, -0.15) is 11.3 Å². The Labute approximate surface area is 109 Å². The van der Waals surface area contributed by atoms with E-state index in [2.05, 4.69) is 26.7 Å². The third-order valence-electron chi connectivity index (χ3n) is 2.49. The summed E-state index contributed by atoms with van der Waals surface area (Å²) in [5.41, 5.74) is 1.88. The zero-order chi connectivity index (χ0) is 13.0. The molecule has 0 bridgehead atoms. The Morgan fingerprint density at radius 1 is 1.56 bits per heavy atom. The van der Waals surface area contributed by atoms with Crippen LogP contribution in [0.2, 0.25) is 0 Å². The van der Waals surface area contributed by atoms with Gasteiger partial charge in [0.25, 0.3) is 0 Å². The fourth-order valence-electron chi connectivity index (χ4n) is 1.52. The minimum Gasteiger partial charge on any atom is -0.478 e. The van der Waals surface area contributed by atoms with E-state index in [1.54, 1.807) is 18.3 Å². The second-order valence-electron chi connectivity index (χ2n) is 3.81. The molecule has 0 aliphatic heterocycles.